The van der Waals surface area contributed by atoms with E-state index in [0.717, 1.165) is 16.7 Å². The third-order valence-corrected chi connectivity index (χ3v) is 7.45. The average Bonchev–Trinajstić information content (AvgIpc) is 2.82. The first-order chi connectivity index (χ1) is 17.2. The summed E-state index contributed by atoms with van der Waals surface area (Å²) in [4.78, 5) is 13.0. The molecule has 36 heavy (non-hydrogen) atoms. The van der Waals surface area contributed by atoms with Crippen molar-refractivity contribution in [3.8, 4) is 5.75 Å². The number of rotatable bonds is 11. The number of carbonyl (C=O) groups is 1. The minimum absolute atomic E-state index is 0.0513. The van der Waals surface area contributed by atoms with E-state index in [1.54, 1.807) is 32.1 Å². The Bertz CT molecular complexity index is 1330. The van der Waals surface area contributed by atoms with Crippen molar-refractivity contribution in [3.63, 3.8) is 0 Å². The summed E-state index contributed by atoms with van der Waals surface area (Å²) in [5, 5.41) is 4.00. The Morgan fingerprint density at radius 1 is 1.03 bits per heavy atom. The second kappa shape index (κ2) is 12.3. The summed E-state index contributed by atoms with van der Waals surface area (Å²) in [6.07, 6.45) is 3.12. The van der Waals surface area contributed by atoms with Gasteiger partial charge in [-0.1, -0.05) is 72.8 Å². The van der Waals surface area contributed by atoms with Gasteiger partial charge in [-0.3, -0.25) is 4.79 Å². The molecule has 0 bridgehead atoms. The van der Waals surface area contributed by atoms with Crippen molar-refractivity contribution in [2.24, 2.45) is 5.10 Å². The molecule has 0 aliphatic carbocycles. The molecule has 7 nitrogen and oxygen atoms in total. The van der Waals surface area contributed by atoms with Crippen molar-refractivity contribution < 1.29 is 17.9 Å². The zero-order chi connectivity index (χ0) is 26.1. The first-order valence-corrected chi connectivity index (χ1v) is 12.9. The molecule has 1 N–H and O–H groups in total. The number of nitrogens with one attached hydrogen (secondary N) is 1. The third kappa shape index (κ3) is 7.13. The van der Waals surface area contributed by atoms with Crippen LogP contribution < -0.4 is 10.2 Å². The van der Waals surface area contributed by atoms with Crippen LogP contribution in [0.5, 0.6) is 5.75 Å². The van der Waals surface area contributed by atoms with Crippen LogP contribution >= 0.6 is 0 Å². The van der Waals surface area contributed by atoms with Gasteiger partial charge < -0.3 is 4.74 Å². The number of hydrogen-bond donors (Lipinski definition) is 1. The maximum atomic E-state index is 13.7. The van der Waals surface area contributed by atoms with Crippen molar-refractivity contribution in [2.45, 2.75) is 32.2 Å². The van der Waals surface area contributed by atoms with Gasteiger partial charge in [-0.25, -0.2) is 13.8 Å². The summed E-state index contributed by atoms with van der Waals surface area (Å²) in [7, 11) is -3.97. The van der Waals surface area contributed by atoms with E-state index in [-0.39, 0.29) is 18.0 Å². The molecule has 0 heterocycles. The molecule has 0 radical (unpaired) electrons. The van der Waals surface area contributed by atoms with Gasteiger partial charge in [0.25, 0.3) is 5.91 Å². The summed E-state index contributed by atoms with van der Waals surface area (Å²) in [5.41, 5.74) is 6.19. The Morgan fingerprint density at radius 3 is 2.39 bits per heavy atom. The van der Waals surface area contributed by atoms with Gasteiger partial charge in [-0.2, -0.15) is 9.41 Å². The number of benzene rings is 3. The Labute approximate surface area is 213 Å². The quantitative estimate of drug-likeness (QED) is 0.236. The van der Waals surface area contributed by atoms with E-state index in [4.69, 9.17) is 4.74 Å². The van der Waals surface area contributed by atoms with Crippen LogP contribution in [-0.4, -0.2) is 38.0 Å². The van der Waals surface area contributed by atoms with Gasteiger partial charge in [0.1, 0.15) is 12.4 Å². The highest BCUT2D eigenvalue weighted by molar-refractivity contribution is 7.89. The number of sulfonamides is 1. The molecule has 0 saturated heterocycles. The van der Waals surface area contributed by atoms with E-state index in [0.29, 0.717) is 23.5 Å². The van der Waals surface area contributed by atoms with Gasteiger partial charge in [-0.05, 0) is 55.2 Å². The summed E-state index contributed by atoms with van der Waals surface area (Å²) in [6, 6.07) is 20.0. The normalized spacial score (nSPS) is 11.6. The molecular weight excluding hydrogens is 474 g/mol. The van der Waals surface area contributed by atoms with Crippen molar-refractivity contribution in [2.75, 3.05) is 13.2 Å². The fourth-order valence-electron chi connectivity index (χ4n) is 3.93. The molecule has 1 amide bonds. The van der Waals surface area contributed by atoms with Gasteiger partial charge in [-0.15, -0.1) is 0 Å². The van der Waals surface area contributed by atoms with Crippen LogP contribution in [0.4, 0.5) is 0 Å². The minimum atomic E-state index is -3.97. The number of hydrazone groups is 1. The van der Waals surface area contributed by atoms with E-state index < -0.39 is 15.9 Å². The first-order valence-electron chi connectivity index (χ1n) is 11.5. The fourth-order valence-corrected chi connectivity index (χ4v) is 5.73. The predicted molar refractivity (Wildman–Crippen MR) is 143 cm³/mol. The summed E-state index contributed by atoms with van der Waals surface area (Å²) in [5.74, 6) is 0.0985. The highest BCUT2D eigenvalue weighted by atomic mass is 32.2. The van der Waals surface area contributed by atoms with Gasteiger partial charge in [0.05, 0.1) is 17.7 Å². The molecule has 188 valence electrons. The van der Waals surface area contributed by atoms with Crippen LogP contribution in [0.1, 0.15) is 27.8 Å². The van der Waals surface area contributed by atoms with E-state index in [1.807, 2.05) is 61.5 Å². The monoisotopic (exact) mass is 505 g/mol. The van der Waals surface area contributed by atoms with Gasteiger partial charge in [0, 0.05) is 6.54 Å². The van der Waals surface area contributed by atoms with Crippen molar-refractivity contribution in [3.05, 3.63) is 107 Å². The van der Waals surface area contributed by atoms with Crippen LogP contribution in [0.2, 0.25) is 0 Å². The molecular formula is C28H31N3O4S. The number of ether oxygens (including phenoxy) is 1. The zero-order valence-corrected chi connectivity index (χ0v) is 21.6. The highest BCUT2D eigenvalue weighted by Gasteiger charge is 2.29. The SMILES string of the molecule is C=CCOc1cccc(/C=N\NC(=O)CN(Cc2ccccc2)S(=O)(=O)c2c(C)cc(C)cc2C)c1. The largest absolute Gasteiger partial charge is 0.490 e. The van der Waals surface area contributed by atoms with Crippen LogP contribution in [0.3, 0.4) is 0 Å². The topological polar surface area (TPSA) is 88.1 Å². The van der Waals surface area contributed by atoms with Crippen LogP contribution in [0.15, 0.2) is 89.4 Å². The lowest BCUT2D eigenvalue weighted by atomic mass is 10.1. The van der Waals surface area contributed by atoms with Gasteiger partial charge in [0.15, 0.2) is 0 Å². The number of hydrogen-bond acceptors (Lipinski definition) is 5. The predicted octanol–water partition coefficient (Wildman–Crippen LogP) is 4.52. The third-order valence-electron chi connectivity index (χ3n) is 5.35. The van der Waals surface area contributed by atoms with Gasteiger partial charge in [0.2, 0.25) is 10.0 Å². The Morgan fingerprint density at radius 2 is 1.72 bits per heavy atom. The molecule has 0 atom stereocenters. The standard InChI is InChI=1S/C28H31N3O4S/c1-5-14-35-26-13-9-12-25(17-26)18-29-30-27(32)20-31(19-24-10-7-6-8-11-24)36(33,34)28-22(3)15-21(2)16-23(28)4/h5-13,15-18H,1,14,19-20H2,2-4H3,(H,30,32)/b29-18-. The van der Waals surface area contributed by atoms with Crippen molar-refractivity contribution >= 4 is 22.1 Å². The lowest BCUT2D eigenvalue weighted by Crippen LogP contribution is -2.39. The Balaban J connectivity index is 1.80. The second-order valence-electron chi connectivity index (χ2n) is 8.45. The number of amides is 1. The number of nitrogens with zero attached hydrogens (tertiary/aromatic N) is 2. The Kier molecular flexibility index (Phi) is 9.16. The second-order valence-corrected chi connectivity index (χ2v) is 10.3. The number of carbonyl (C=O) groups excluding carboxylic acids is 1. The van der Waals surface area contributed by atoms with Crippen LogP contribution in [0, 0.1) is 20.8 Å². The number of aryl methyl sites for hydroxylation is 3. The molecule has 0 aliphatic rings. The minimum Gasteiger partial charge on any atom is -0.490 e. The average molecular weight is 506 g/mol. The van der Waals surface area contributed by atoms with E-state index in [9.17, 15) is 13.2 Å². The smallest absolute Gasteiger partial charge is 0.255 e. The lowest BCUT2D eigenvalue weighted by molar-refractivity contribution is -0.121. The lowest BCUT2D eigenvalue weighted by Gasteiger charge is -2.24. The maximum Gasteiger partial charge on any atom is 0.255 e. The van der Waals surface area contributed by atoms with E-state index in [1.165, 1.54) is 10.5 Å². The molecule has 3 aromatic carbocycles. The van der Waals surface area contributed by atoms with Crippen molar-refractivity contribution in [1.29, 1.82) is 0 Å². The molecule has 0 fully saturated rings. The molecule has 0 aromatic heterocycles. The highest BCUT2D eigenvalue weighted by Crippen LogP contribution is 2.26. The van der Waals surface area contributed by atoms with Crippen molar-refractivity contribution in [1.82, 2.24) is 9.73 Å². The molecule has 3 aromatic rings. The molecule has 0 aliphatic heterocycles. The first kappa shape index (κ1) is 26.8. The molecule has 3 rings (SSSR count). The van der Waals surface area contributed by atoms with E-state index >= 15 is 0 Å². The van der Waals surface area contributed by atoms with Gasteiger partial charge >= 0.3 is 0 Å². The Hall–Kier alpha value is -3.75. The van der Waals surface area contributed by atoms with Crippen LogP contribution in [-0.2, 0) is 21.4 Å². The fraction of sp³-hybridized carbons (Fsp3) is 0.214. The summed E-state index contributed by atoms with van der Waals surface area (Å²) >= 11 is 0. The molecule has 0 saturated carbocycles. The summed E-state index contributed by atoms with van der Waals surface area (Å²) in [6.45, 7) is 9.12. The molecule has 0 unspecified atom stereocenters. The molecule has 0 spiro atoms. The zero-order valence-electron chi connectivity index (χ0n) is 20.8. The summed E-state index contributed by atoms with van der Waals surface area (Å²) < 4.78 is 34.1. The van der Waals surface area contributed by atoms with E-state index in [2.05, 4.69) is 17.1 Å². The van der Waals surface area contributed by atoms with Crippen LogP contribution in [0.25, 0.3) is 0 Å². The maximum absolute atomic E-state index is 13.7. The molecule has 8 heteroatoms.